The number of nitriles is 1. The molecule has 0 bridgehead atoms. The van der Waals surface area contributed by atoms with Gasteiger partial charge in [0.05, 0.1) is 17.2 Å². The minimum absolute atomic E-state index is 0.445. The minimum Gasteiger partial charge on any atom is -0.488 e. The van der Waals surface area contributed by atoms with E-state index in [2.05, 4.69) is 85.4 Å². The summed E-state index contributed by atoms with van der Waals surface area (Å²) in [5, 5.41) is 13.7. The number of hydrogen-bond acceptors (Lipinski definition) is 3. The number of ether oxygens (including phenoxy) is 1. The van der Waals surface area contributed by atoms with E-state index in [0.29, 0.717) is 12.2 Å². The second kappa shape index (κ2) is 10.9. The molecule has 1 aromatic heterocycles. The molecule has 1 aliphatic heterocycles. The molecule has 1 aliphatic rings. The summed E-state index contributed by atoms with van der Waals surface area (Å²) in [6.07, 6.45) is 8.02. The Labute approximate surface area is 261 Å². The molecule has 2 heterocycles. The lowest BCUT2D eigenvalue weighted by atomic mass is 9.92. The molecule has 0 fully saturated rings. The van der Waals surface area contributed by atoms with Gasteiger partial charge in [0.15, 0.2) is 0 Å². The van der Waals surface area contributed by atoms with Crippen LogP contribution >= 0.6 is 0 Å². The number of benzene rings is 6. The molecule has 3 nitrogen and oxygen atoms in total. The second-order valence-electron chi connectivity index (χ2n) is 11.3. The van der Waals surface area contributed by atoms with E-state index in [9.17, 15) is 5.26 Å². The predicted molar refractivity (Wildman–Crippen MR) is 185 cm³/mol. The lowest BCUT2D eigenvalue weighted by Gasteiger charge is -2.17. The zero-order valence-corrected chi connectivity index (χ0v) is 24.5. The van der Waals surface area contributed by atoms with Gasteiger partial charge in [-0.1, -0.05) is 97.6 Å². The van der Waals surface area contributed by atoms with Gasteiger partial charge in [-0.05, 0) is 92.7 Å². The van der Waals surface area contributed by atoms with Crippen LogP contribution in [-0.4, -0.2) is 6.61 Å². The van der Waals surface area contributed by atoms with Crippen LogP contribution in [0.4, 0.5) is 0 Å². The quantitative estimate of drug-likeness (QED) is 0.210. The van der Waals surface area contributed by atoms with E-state index in [0.717, 1.165) is 83.0 Å². The predicted octanol–water partition coefficient (Wildman–Crippen LogP) is 11.1. The van der Waals surface area contributed by atoms with E-state index in [1.807, 2.05) is 66.8 Å². The maximum Gasteiger partial charge on any atom is 0.147 e. The zero-order valence-electron chi connectivity index (χ0n) is 24.5. The summed E-state index contributed by atoms with van der Waals surface area (Å²) < 4.78 is 13.0. The summed E-state index contributed by atoms with van der Waals surface area (Å²) in [5.74, 6) is 0.774. The average molecular weight is 578 g/mol. The molecule has 0 radical (unpaired) electrons. The highest BCUT2D eigenvalue weighted by Gasteiger charge is 2.23. The fourth-order valence-corrected chi connectivity index (χ4v) is 6.25. The van der Waals surface area contributed by atoms with E-state index in [4.69, 9.17) is 9.15 Å². The number of para-hydroxylation sites is 1. The van der Waals surface area contributed by atoms with Gasteiger partial charge in [-0.3, -0.25) is 0 Å². The Balaban J connectivity index is 1.27. The van der Waals surface area contributed by atoms with Gasteiger partial charge in [0.1, 0.15) is 23.5 Å². The van der Waals surface area contributed by atoms with Crippen molar-refractivity contribution in [1.29, 1.82) is 5.26 Å². The molecule has 0 aliphatic carbocycles. The van der Waals surface area contributed by atoms with E-state index in [1.54, 1.807) is 0 Å². The molecule has 0 atom stereocenters. The largest absolute Gasteiger partial charge is 0.488 e. The number of fused-ring (bicyclic) bond motifs is 5. The first-order valence-corrected chi connectivity index (χ1v) is 14.9. The molecule has 0 saturated carbocycles. The summed E-state index contributed by atoms with van der Waals surface area (Å²) in [5.41, 5.74) is 10.5. The van der Waals surface area contributed by atoms with Crippen LogP contribution in [0.15, 0.2) is 151 Å². The molecular weight excluding hydrogens is 550 g/mol. The number of rotatable bonds is 3. The van der Waals surface area contributed by atoms with Crippen molar-refractivity contribution in [3.05, 3.63) is 157 Å². The van der Waals surface area contributed by atoms with E-state index < -0.39 is 0 Å². The molecule has 0 unspecified atom stereocenters. The van der Waals surface area contributed by atoms with Gasteiger partial charge in [-0.15, -0.1) is 0 Å². The Hall–Kier alpha value is -6.11. The standard InChI is InChI=1S/C42H27NO2/c1-27-9-3-2-6-20-44-41-37(27)25-38-36-14-4-5-15-39(36)45-42(38)40(41)35-19-18-33-23-32(16-17-34(33)24-35)31-13-8-12-30(22-31)29-11-7-10-28(21-29)26-43/h2-19,21-25H,1,20H2/b6-2-,9-3-. The van der Waals surface area contributed by atoms with Crippen LogP contribution in [0.3, 0.4) is 0 Å². The van der Waals surface area contributed by atoms with Crippen LogP contribution in [0, 0.1) is 11.3 Å². The first kappa shape index (κ1) is 26.5. The molecule has 0 N–H and O–H groups in total. The van der Waals surface area contributed by atoms with Crippen molar-refractivity contribution in [1.82, 2.24) is 0 Å². The van der Waals surface area contributed by atoms with Crippen LogP contribution < -0.4 is 4.74 Å². The Morgan fingerprint density at radius 3 is 2.18 bits per heavy atom. The van der Waals surface area contributed by atoms with Crippen molar-refractivity contribution < 1.29 is 9.15 Å². The molecule has 7 aromatic rings. The summed E-state index contributed by atoms with van der Waals surface area (Å²) in [6.45, 7) is 4.83. The highest BCUT2D eigenvalue weighted by Crippen LogP contribution is 2.46. The molecule has 8 rings (SSSR count). The summed E-state index contributed by atoms with van der Waals surface area (Å²) in [7, 11) is 0. The molecule has 212 valence electrons. The van der Waals surface area contributed by atoms with Crippen molar-refractivity contribution in [3.63, 3.8) is 0 Å². The smallest absolute Gasteiger partial charge is 0.147 e. The van der Waals surface area contributed by atoms with Gasteiger partial charge in [0.25, 0.3) is 0 Å². The molecule has 45 heavy (non-hydrogen) atoms. The van der Waals surface area contributed by atoms with Crippen LogP contribution in [0.1, 0.15) is 11.1 Å². The normalized spacial score (nSPS) is 14.2. The SMILES string of the molecule is C=C1/C=C\C=C/COc2c1cc1c(oc3ccccc31)c2-c1ccc2cc(-c3cccc(-c4cccc(C#N)c4)c3)ccc2c1. The fourth-order valence-electron chi connectivity index (χ4n) is 6.25. The van der Waals surface area contributed by atoms with Gasteiger partial charge < -0.3 is 9.15 Å². The van der Waals surface area contributed by atoms with Crippen LogP contribution in [0.5, 0.6) is 5.75 Å². The van der Waals surface area contributed by atoms with Crippen molar-refractivity contribution in [2.45, 2.75) is 0 Å². The van der Waals surface area contributed by atoms with Crippen LogP contribution in [0.2, 0.25) is 0 Å². The minimum atomic E-state index is 0.445. The third kappa shape index (κ3) is 4.70. The van der Waals surface area contributed by atoms with E-state index in [-0.39, 0.29) is 0 Å². The topological polar surface area (TPSA) is 46.2 Å². The first-order valence-electron chi connectivity index (χ1n) is 14.9. The highest BCUT2D eigenvalue weighted by atomic mass is 16.5. The monoisotopic (exact) mass is 577 g/mol. The number of nitrogens with zero attached hydrogens (tertiary/aromatic N) is 1. The number of allylic oxidation sites excluding steroid dienone is 4. The molecule has 0 saturated heterocycles. The Kier molecular flexibility index (Phi) is 6.40. The second-order valence-corrected chi connectivity index (χ2v) is 11.3. The molecule has 3 heteroatoms. The highest BCUT2D eigenvalue weighted by molar-refractivity contribution is 6.13. The van der Waals surface area contributed by atoms with Crippen LogP contribution in [-0.2, 0) is 0 Å². The maximum absolute atomic E-state index is 9.35. The maximum atomic E-state index is 9.35. The van der Waals surface area contributed by atoms with Gasteiger partial charge >= 0.3 is 0 Å². The van der Waals surface area contributed by atoms with Crippen molar-refractivity contribution >= 4 is 38.3 Å². The summed E-state index contributed by atoms with van der Waals surface area (Å²) in [6, 6.07) is 41.9. The lowest BCUT2D eigenvalue weighted by Crippen LogP contribution is -1.99. The van der Waals surface area contributed by atoms with E-state index in [1.165, 1.54) is 0 Å². The van der Waals surface area contributed by atoms with Gasteiger partial charge in [-0.2, -0.15) is 5.26 Å². The third-order valence-corrected chi connectivity index (χ3v) is 8.49. The average Bonchev–Trinajstić information content (AvgIpc) is 3.50. The fraction of sp³-hybridized carbons (Fsp3) is 0.0238. The number of furan rings is 1. The Bertz CT molecular complexity index is 2410. The van der Waals surface area contributed by atoms with Crippen LogP contribution in [0.25, 0.3) is 71.7 Å². The van der Waals surface area contributed by atoms with Crippen molar-refractivity contribution in [2.75, 3.05) is 6.61 Å². The zero-order chi connectivity index (χ0) is 30.3. The molecule has 0 amide bonds. The van der Waals surface area contributed by atoms with Gasteiger partial charge in [0, 0.05) is 16.3 Å². The number of hydrogen-bond donors (Lipinski definition) is 0. The molecule has 0 spiro atoms. The first-order chi connectivity index (χ1) is 22.2. The Morgan fingerprint density at radius 1 is 0.644 bits per heavy atom. The van der Waals surface area contributed by atoms with Crippen molar-refractivity contribution in [3.8, 4) is 45.2 Å². The lowest BCUT2D eigenvalue weighted by molar-refractivity contribution is 0.363. The van der Waals surface area contributed by atoms with E-state index >= 15 is 0 Å². The van der Waals surface area contributed by atoms with Crippen molar-refractivity contribution in [2.24, 2.45) is 0 Å². The summed E-state index contributed by atoms with van der Waals surface area (Å²) >= 11 is 0. The molecule has 6 aromatic carbocycles. The van der Waals surface area contributed by atoms with Gasteiger partial charge in [0.2, 0.25) is 0 Å². The third-order valence-electron chi connectivity index (χ3n) is 8.49. The van der Waals surface area contributed by atoms with Gasteiger partial charge in [-0.25, -0.2) is 0 Å². The Morgan fingerprint density at radius 2 is 1.36 bits per heavy atom. The summed E-state index contributed by atoms with van der Waals surface area (Å²) in [4.78, 5) is 0. The molecular formula is C42H27NO2.